The highest BCUT2D eigenvalue weighted by Crippen LogP contribution is 2.32. The average Bonchev–Trinajstić information content (AvgIpc) is 3.49. The van der Waals surface area contributed by atoms with Gasteiger partial charge < -0.3 is 14.2 Å². The van der Waals surface area contributed by atoms with Crippen LogP contribution in [-0.4, -0.2) is 57.1 Å². The minimum absolute atomic E-state index is 0.0340. The summed E-state index contributed by atoms with van der Waals surface area (Å²) in [4.78, 5) is 14.1. The summed E-state index contributed by atoms with van der Waals surface area (Å²) in [6.07, 6.45) is 46.3. The van der Waals surface area contributed by atoms with Crippen molar-refractivity contribution in [3.05, 3.63) is 0 Å². The van der Waals surface area contributed by atoms with Gasteiger partial charge in [0.15, 0.2) is 6.29 Å². The van der Waals surface area contributed by atoms with Crippen LogP contribution in [0.3, 0.4) is 0 Å². The van der Waals surface area contributed by atoms with E-state index in [0.29, 0.717) is 19.1 Å². The number of hydrogen-bond acceptors (Lipinski definition) is 5. The Morgan fingerprint density at radius 1 is 0.540 bits per heavy atom. The van der Waals surface area contributed by atoms with Gasteiger partial charge in [-0.25, -0.2) is 0 Å². The number of likely N-dealkylation sites (N-methyl/N-ethyl adjacent to an activating group) is 1. The fraction of sp³-hybridized carbons (Fsp3) is 0.978. The summed E-state index contributed by atoms with van der Waals surface area (Å²) in [5, 5.41) is 0. The maximum atomic E-state index is 12.2. The van der Waals surface area contributed by atoms with Crippen LogP contribution in [0.5, 0.6) is 0 Å². The molecule has 0 saturated carbocycles. The second kappa shape index (κ2) is 36.7. The van der Waals surface area contributed by atoms with Crippen molar-refractivity contribution in [1.82, 2.24) is 4.90 Å². The quantitative estimate of drug-likeness (QED) is 0.0470. The maximum Gasteiger partial charge on any atom is 0.320 e. The van der Waals surface area contributed by atoms with Gasteiger partial charge in [0.2, 0.25) is 0 Å². The molecule has 5 nitrogen and oxygen atoms in total. The van der Waals surface area contributed by atoms with E-state index in [1.54, 1.807) is 0 Å². The van der Waals surface area contributed by atoms with Crippen LogP contribution in [0.4, 0.5) is 0 Å². The average molecular weight is 708 g/mol. The van der Waals surface area contributed by atoms with Crippen LogP contribution in [0, 0.1) is 5.92 Å². The first kappa shape index (κ1) is 47.4. The van der Waals surface area contributed by atoms with Crippen LogP contribution in [0.15, 0.2) is 0 Å². The maximum absolute atomic E-state index is 12.2. The molecule has 1 heterocycles. The van der Waals surface area contributed by atoms with Gasteiger partial charge in [-0.3, -0.25) is 9.69 Å². The van der Waals surface area contributed by atoms with Crippen molar-refractivity contribution in [3.63, 3.8) is 0 Å². The lowest BCUT2D eigenvalue weighted by Gasteiger charge is -2.19. The SMILES string of the molecule is CCCCCCCCCCCCCCCCCCO[C@H]1CC(CCCCCCCCCCCCCCCCCC)[C@@H](COC(=O)CN(C)C)O1. The summed E-state index contributed by atoms with van der Waals surface area (Å²) >= 11 is 0. The molecule has 1 fully saturated rings. The topological polar surface area (TPSA) is 48.0 Å². The predicted octanol–water partition coefficient (Wildman–Crippen LogP) is 13.8. The van der Waals surface area contributed by atoms with E-state index in [2.05, 4.69) is 13.8 Å². The van der Waals surface area contributed by atoms with Crippen molar-refractivity contribution in [2.45, 2.75) is 245 Å². The highest BCUT2D eigenvalue weighted by Gasteiger charge is 2.36. The molecule has 0 aromatic rings. The molecule has 0 aromatic carbocycles. The van der Waals surface area contributed by atoms with E-state index in [0.717, 1.165) is 25.9 Å². The molecule has 0 aromatic heterocycles. The molecule has 0 spiro atoms. The third-order valence-corrected chi connectivity index (χ3v) is 10.9. The van der Waals surface area contributed by atoms with Gasteiger partial charge in [-0.1, -0.05) is 213 Å². The Hall–Kier alpha value is -0.650. The van der Waals surface area contributed by atoms with Gasteiger partial charge >= 0.3 is 5.97 Å². The lowest BCUT2D eigenvalue weighted by Crippen LogP contribution is -2.29. The number of carbonyl (C=O) groups excluding carboxylic acids is 1. The van der Waals surface area contributed by atoms with Crippen molar-refractivity contribution in [3.8, 4) is 0 Å². The van der Waals surface area contributed by atoms with Crippen LogP contribution in [0.25, 0.3) is 0 Å². The van der Waals surface area contributed by atoms with Gasteiger partial charge in [-0.15, -0.1) is 0 Å². The van der Waals surface area contributed by atoms with E-state index < -0.39 is 0 Å². The number of ether oxygens (including phenoxy) is 3. The van der Waals surface area contributed by atoms with Crippen LogP contribution in [0.1, 0.15) is 232 Å². The van der Waals surface area contributed by atoms with Gasteiger partial charge in [0, 0.05) is 13.0 Å². The molecule has 0 amide bonds. The predicted molar refractivity (Wildman–Crippen MR) is 216 cm³/mol. The zero-order valence-corrected chi connectivity index (χ0v) is 34.5. The van der Waals surface area contributed by atoms with E-state index >= 15 is 0 Å². The van der Waals surface area contributed by atoms with Crippen molar-refractivity contribution >= 4 is 5.97 Å². The van der Waals surface area contributed by atoms with Crippen molar-refractivity contribution in [2.24, 2.45) is 5.92 Å². The summed E-state index contributed by atoms with van der Waals surface area (Å²) in [7, 11) is 3.80. The summed E-state index contributed by atoms with van der Waals surface area (Å²) in [6, 6.07) is 0. The first-order valence-corrected chi connectivity index (χ1v) is 22.6. The highest BCUT2D eigenvalue weighted by molar-refractivity contribution is 5.71. The van der Waals surface area contributed by atoms with Gasteiger partial charge in [0.1, 0.15) is 6.61 Å². The lowest BCUT2D eigenvalue weighted by molar-refractivity contribution is -0.162. The third kappa shape index (κ3) is 30.9. The lowest BCUT2D eigenvalue weighted by atomic mass is 9.94. The molecule has 50 heavy (non-hydrogen) atoms. The fourth-order valence-corrected chi connectivity index (χ4v) is 7.65. The molecule has 0 bridgehead atoms. The van der Waals surface area contributed by atoms with E-state index in [9.17, 15) is 4.79 Å². The molecule has 1 aliphatic rings. The Kier molecular flexibility index (Phi) is 34.8. The van der Waals surface area contributed by atoms with Crippen molar-refractivity contribution in [1.29, 1.82) is 0 Å². The molecule has 0 N–H and O–H groups in total. The van der Waals surface area contributed by atoms with Crippen LogP contribution < -0.4 is 0 Å². The smallest absolute Gasteiger partial charge is 0.320 e. The molecule has 3 atom stereocenters. The molecular weight excluding hydrogens is 618 g/mol. The highest BCUT2D eigenvalue weighted by atomic mass is 16.7. The van der Waals surface area contributed by atoms with Gasteiger partial charge in [-0.05, 0) is 32.9 Å². The Labute approximate surface area is 313 Å². The largest absolute Gasteiger partial charge is 0.462 e. The van der Waals surface area contributed by atoms with Gasteiger partial charge in [0.25, 0.3) is 0 Å². The van der Waals surface area contributed by atoms with E-state index in [-0.39, 0.29) is 18.4 Å². The Balaban J connectivity index is 2.09. The normalized spacial score (nSPS) is 17.7. The summed E-state index contributed by atoms with van der Waals surface area (Å²) in [5.74, 6) is 0.252. The monoisotopic (exact) mass is 708 g/mol. The zero-order valence-electron chi connectivity index (χ0n) is 34.5. The molecule has 1 aliphatic heterocycles. The zero-order chi connectivity index (χ0) is 36.2. The number of carbonyl (C=O) groups is 1. The molecule has 5 heteroatoms. The van der Waals surface area contributed by atoms with Crippen LogP contribution in [-0.2, 0) is 19.0 Å². The number of hydrogen-bond donors (Lipinski definition) is 0. The number of esters is 1. The first-order valence-electron chi connectivity index (χ1n) is 22.6. The molecule has 298 valence electrons. The first-order chi connectivity index (χ1) is 24.6. The van der Waals surface area contributed by atoms with E-state index in [4.69, 9.17) is 14.2 Å². The molecule has 1 unspecified atom stereocenters. The standard InChI is InChI=1S/C45H89NO4/c1-5-7-9-11-13-15-17-19-21-23-25-27-29-31-33-35-37-42-39-45(50-43(42)41-49-44(47)40-46(3)4)48-38-36-34-32-30-28-26-24-22-20-18-16-14-12-10-8-6-2/h42-43,45H,5-41H2,1-4H3/t42?,43-,45-/m1/s1. The molecular formula is C45H89NO4. The summed E-state index contributed by atoms with van der Waals surface area (Å²) < 4.78 is 18.2. The molecule has 0 aliphatic carbocycles. The summed E-state index contributed by atoms with van der Waals surface area (Å²) in [5.41, 5.74) is 0. The molecule has 1 saturated heterocycles. The van der Waals surface area contributed by atoms with Crippen molar-refractivity contribution < 1.29 is 19.0 Å². The van der Waals surface area contributed by atoms with Crippen LogP contribution in [0.2, 0.25) is 0 Å². The van der Waals surface area contributed by atoms with E-state index in [1.165, 1.54) is 199 Å². The number of unbranched alkanes of at least 4 members (excludes halogenated alkanes) is 30. The molecule has 0 radical (unpaired) electrons. The second-order valence-corrected chi connectivity index (χ2v) is 16.3. The van der Waals surface area contributed by atoms with Crippen LogP contribution >= 0.6 is 0 Å². The van der Waals surface area contributed by atoms with Gasteiger partial charge in [-0.2, -0.15) is 0 Å². The Bertz CT molecular complexity index is 701. The fourth-order valence-electron chi connectivity index (χ4n) is 7.65. The Morgan fingerprint density at radius 3 is 1.28 bits per heavy atom. The minimum Gasteiger partial charge on any atom is -0.462 e. The summed E-state index contributed by atoms with van der Waals surface area (Å²) in [6.45, 7) is 6.04. The number of rotatable bonds is 39. The molecule has 1 rings (SSSR count). The van der Waals surface area contributed by atoms with Crippen molar-refractivity contribution in [2.75, 3.05) is 33.9 Å². The Morgan fingerprint density at radius 2 is 0.900 bits per heavy atom. The minimum atomic E-state index is -0.169. The van der Waals surface area contributed by atoms with Gasteiger partial charge in [0.05, 0.1) is 12.6 Å². The van der Waals surface area contributed by atoms with E-state index in [1.807, 2.05) is 19.0 Å². The third-order valence-electron chi connectivity index (χ3n) is 10.9. The second-order valence-electron chi connectivity index (χ2n) is 16.3. The number of nitrogens with zero attached hydrogens (tertiary/aromatic N) is 1.